The first-order valence-electron chi connectivity index (χ1n) is 15.3. The molecule has 1 aromatic heterocycles. The molecule has 13 nitrogen and oxygen atoms in total. The van der Waals surface area contributed by atoms with Gasteiger partial charge in [-0.3, -0.25) is 14.4 Å². The van der Waals surface area contributed by atoms with E-state index in [2.05, 4.69) is 25.7 Å². The molecule has 16 heteroatoms. The molecule has 3 N–H and O–H groups in total. The van der Waals surface area contributed by atoms with Gasteiger partial charge in [-0.15, -0.1) is 18.3 Å². The van der Waals surface area contributed by atoms with Crippen molar-refractivity contribution in [1.29, 1.82) is 0 Å². The largest absolute Gasteiger partial charge is 0.573 e. The van der Waals surface area contributed by atoms with Gasteiger partial charge >= 0.3 is 12.5 Å². The molecule has 2 fully saturated rings. The third kappa shape index (κ3) is 8.68. The van der Waals surface area contributed by atoms with Gasteiger partial charge < -0.3 is 30.3 Å². The van der Waals surface area contributed by atoms with Gasteiger partial charge in [0.15, 0.2) is 0 Å². The van der Waals surface area contributed by atoms with Crippen LogP contribution in [0.5, 0.6) is 5.75 Å². The van der Waals surface area contributed by atoms with Gasteiger partial charge in [-0.1, -0.05) is 23.4 Å². The Morgan fingerprint density at radius 2 is 1.77 bits per heavy atom. The third-order valence-electron chi connectivity index (χ3n) is 8.50. The number of aryl methyl sites for hydroxylation is 1. The Morgan fingerprint density at radius 1 is 1.06 bits per heavy atom. The molecule has 252 valence electrons. The highest BCUT2D eigenvalue weighted by Gasteiger charge is 2.42. The zero-order valence-electron chi connectivity index (χ0n) is 25.7. The predicted molar refractivity (Wildman–Crippen MR) is 161 cm³/mol. The molecule has 2 unspecified atom stereocenters. The molecule has 2 aliphatic heterocycles. The van der Waals surface area contributed by atoms with Crippen molar-refractivity contribution in [2.24, 2.45) is 13.0 Å². The maximum absolute atomic E-state index is 13.9. The molecular weight excluding hydrogens is 623 g/mol. The topological polar surface area (TPSA) is 159 Å². The van der Waals surface area contributed by atoms with Crippen molar-refractivity contribution in [3.05, 3.63) is 53.6 Å². The number of carboxylic acid groups (broad SMARTS) is 1. The minimum Gasteiger partial charge on any atom is -0.465 e. The van der Waals surface area contributed by atoms with Crippen LogP contribution in [-0.2, 0) is 34.4 Å². The second-order valence-corrected chi connectivity index (χ2v) is 11.9. The first-order chi connectivity index (χ1) is 22.4. The number of benzene rings is 2. The van der Waals surface area contributed by atoms with Gasteiger partial charge in [-0.25, -0.2) is 9.48 Å². The van der Waals surface area contributed by atoms with Gasteiger partial charge in [-0.2, -0.15) is 0 Å². The maximum Gasteiger partial charge on any atom is 0.573 e. The molecule has 5 rings (SSSR count). The molecule has 3 aromatic rings. The number of aromatic nitrogens is 3. The van der Waals surface area contributed by atoms with Crippen molar-refractivity contribution in [3.8, 4) is 5.75 Å². The lowest BCUT2D eigenvalue weighted by atomic mass is 9.96. The van der Waals surface area contributed by atoms with E-state index >= 15 is 0 Å². The molecule has 0 saturated carbocycles. The van der Waals surface area contributed by atoms with E-state index in [0.717, 1.165) is 23.9 Å². The second kappa shape index (κ2) is 14.3. The van der Waals surface area contributed by atoms with E-state index in [4.69, 9.17) is 0 Å². The predicted octanol–water partition coefficient (Wildman–Crippen LogP) is 2.98. The molecular formula is C31H36F3N7O6. The van der Waals surface area contributed by atoms with E-state index in [0.29, 0.717) is 30.6 Å². The van der Waals surface area contributed by atoms with Crippen LogP contribution >= 0.6 is 0 Å². The van der Waals surface area contributed by atoms with Crippen LogP contribution in [0.25, 0.3) is 11.0 Å². The highest BCUT2D eigenvalue weighted by atomic mass is 19.4. The Hall–Kier alpha value is -4.89. The highest BCUT2D eigenvalue weighted by molar-refractivity contribution is 5.92. The van der Waals surface area contributed by atoms with Gasteiger partial charge in [-0.05, 0) is 73.4 Å². The molecule has 0 spiro atoms. The van der Waals surface area contributed by atoms with Gasteiger partial charge in [0.05, 0.1) is 5.52 Å². The lowest BCUT2D eigenvalue weighted by Crippen LogP contribution is -2.53. The minimum absolute atomic E-state index is 0.0397. The molecule has 2 saturated heterocycles. The van der Waals surface area contributed by atoms with Gasteiger partial charge in [0, 0.05) is 39.6 Å². The minimum atomic E-state index is -4.83. The second-order valence-electron chi connectivity index (χ2n) is 11.9. The zero-order chi connectivity index (χ0) is 33.7. The summed E-state index contributed by atoms with van der Waals surface area (Å²) >= 11 is 0. The monoisotopic (exact) mass is 659 g/mol. The van der Waals surface area contributed by atoms with Crippen molar-refractivity contribution < 1.29 is 42.2 Å². The number of alkyl halides is 3. The van der Waals surface area contributed by atoms with E-state index in [1.54, 1.807) is 22.7 Å². The number of fused-ring (bicyclic) bond motifs is 1. The molecule has 4 amide bonds. The van der Waals surface area contributed by atoms with Crippen LogP contribution in [0.1, 0.15) is 43.2 Å². The number of amides is 4. The lowest BCUT2D eigenvalue weighted by Gasteiger charge is -2.28. The first kappa shape index (κ1) is 33.5. The average Bonchev–Trinajstić information content (AvgIpc) is 3.78. The summed E-state index contributed by atoms with van der Waals surface area (Å²) in [6.07, 6.45) is -4.03. The molecule has 2 aromatic carbocycles. The van der Waals surface area contributed by atoms with Gasteiger partial charge in [0.25, 0.3) is 0 Å². The Bertz CT molecular complexity index is 1610. The molecule has 0 aliphatic carbocycles. The maximum atomic E-state index is 13.9. The van der Waals surface area contributed by atoms with Crippen LogP contribution in [0.15, 0.2) is 42.5 Å². The van der Waals surface area contributed by atoms with Crippen molar-refractivity contribution in [2.75, 3.05) is 19.6 Å². The van der Waals surface area contributed by atoms with Gasteiger partial charge in [0.1, 0.15) is 23.3 Å². The number of rotatable bonds is 11. The summed E-state index contributed by atoms with van der Waals surface area (Å²) in [6, 6.07) is 8.60. The number of hydrogen-bond donors (Lipinski definition) is 3. The van der Waals surface area contributed by atoms with Crippen LogP contribution in [0.3, 0.4) is 0 Å². The van der Waals surface area contributed by atoms with Crippen LogP contribution in [0.4, 0.5) is 18.0 Å². The number of likely N-dealkylation sites (tertiary alicyclic amines) is 2. The molecule has 2 aliphatic rings. The summed E-state index contributed by atoms with van der Waals surface area (Å²) in [6.45, 7) is 1.47. The third-order valence-corrected chi connectivity index (χ3v) is 8.50. The van der Waals surface area contributed by atoms with E-state index in [1.807, 2.05) is 12.1 Å². The molecule has 0 bridgehead atoms. The van der Waals surface area contributed by atoms with Crippen molar-refractivity contribution in [3.63, 3.8) is 0 Å². The molecule has 3 heterocycles. The van der Waals surface area contributed by atoms with E-state index in [-0.39, 0.29) is 49.9 Å². The van der Waals surface area contributed by atoms with Crippen LogP contribution < -0.4 is 15.4 Å². The van der Waals surface area contributed by atoms with E-state index in [1.165, 1.54) is 29.2 Å². The Labute approximate surface area is 268 Å². The quantitative estimate of drug-likeness (QED) is 0.284. The number of hydrogen-bond acceptors (Lipinski definition) is 7. The van der Waals surface area contributed by atoms with Crippen LogP contribution in [0, 0.1) is 5.92 Å². The summed E-state index contributed by atoms with van der Waals surface area (Å²) in [4.78, 5) is 54.9. The summed E-state index contributed by atoms with van der Waals surface area (Å²) in [5, 5.41) is 22.7. The number of carbonyl (C=O) groups excluding carboxylic acids is 3. The summed E-state index contributed by atoms with van der Waals surface area (Å²) in [7, 11) is 1.76. The fourth-order valence-corrected chi connectivity index (χ4v) is 6.23. The fraction of sp³-hybridized carbons (Fsp3) is 0.484. The zero-order valence-corrected chi connectivity index (χ0v) is 25.7. The summed E-state index contributed by atoms with van der Waals surface area (Å²) in [5.74, 6) is -1.88. The Balaban J connectivity index is 1.31. The van der Waals surface area contributed by atoms with E-state index < -0.39 is 36.4 Å². The number of nitrogens with zero attached hydrogens (tertiary/aromatic N) is 5. The first-order valence-corrected chi connectivity index (χ1v) is 15.3. The number of nitrogens with one attached hydrogen (secondary N) is 2. The van der Waals surface area contributed by atoms with Crippen LogP contribution in [-0.4, -0.2) is 91.8 Å². The smallest absolute Gasteiger partial charge is 0.465 e. The standard InChI is InChI=1S/C31H36F3N7O6/c1-39-25-10-6-20(15-24(25)37-38-39)17-35-28(43)26-16-21(14-19-4-7-22(8-5-19)47-31(32,33)34)18-41(26)29(44)23(36-30(45)46)9-11-27(42)40-12-2-3-13-40/h4-8,10,15,21,23,26,36H,2-3,9,11-14,16-18H2,1H3,(H,35,43)(H,45,46)/t21?,23-,26?/m1/s1. The number of carbonyl (C=O) groups is 4. The highest BCUT2D eigenvalue weighted by Crippen LogP contribution is 2.30. The molecule has 3 atom stereocenters. The number of ether oxygens (including phenoxy) is 1. The Kier molecular flexibility index (Phi) is 10.2. The lowest BCUT2D eigenvalue weighted by molar-refractivity contribution is -0.274. The molecule has 0 radical (unpaired) electrons. The van der Waals surface area contributed by atoms with Crippen molar-refractivity contribution >= 4 is 34.8 Å². The van der Waals surface area contributed by atoms with E-state index in [9.17, 15) is 37.5 Å². The summed E-state index contributed by atoms with van der Waals surface area (Å²) in [5.41, 5.74) is 2.89. The van der Waals surface area contributed by atoms with Crippen molar-refractivity contribution in [2.45, 2.75) is 63.5 Å². The van der Waals surface area contributed by atoms with Crippen molar-refractivity contribution in [1.82, 2.24) is 35.4 Å². The number of halogens is 3. The molecule has 47 heavy (non-hydrogen) atoms. The SMILES string of the molecule is Cn1nnc2cc(CNC(=O)C3CC(Cc4ccc(OC(F)(F)F)cc4)CN3C(=O)[C@@H](CCC(=O)N3CCCC3)NC(=O)O)ccc21. The Morgan fingerprint density at radius 3 is 2.45 bits per heavy atom. The van der Waals surface area contributed by atoms with Gasteiger partial charge in [0.2, 0.25) is 17.7 Å². The summed E-state index contributed by atoms with van der Waals surface area (Å²) < 4.78 is 43.4. The fourth-order valence-electron chi connectivity index (χ4n) is 6.23. The normalized spacial score (nSPS) is 18.7. The van der Waals surface area contributed by atoms with Crippen LogP contribution in [0.2, 0.25) is 0 Å². The average molecular weight is 660 g/mol.